The highest BCUT2D eigenvalue weighted by Gasteiger charge is 2.34. The Hall–Kier alpha value is 0.310. The first kappa shape index (κ1) is 13.4. The van der Waals surface area contributed by atoms with Crippen LogP contribution in [0.25, 0.3) is 0 Å². The normalized spacial score (nSPS) is 24.0. The van der Waals surface area contributed by atoms with Crippen LogP contribution in [0.15, 0.2) is 0 Å². The molecule has 1 aliphatic carbocycles. The minimum Gasteiger partial charge on any atom is -0.325 e. The minimum absolute atomic E-state index is 0.170. The van der Waals surface area contributed by atoms with Gasteiger partial charge in [-0.15, -0.1) is 0 Å². The molecule has 90 valence electrons. The summed E-state index contributed by atoms with van der Waals surface area (Å²) >= 11 is 2.04. The van der Waals surface area contributed by atoms with Crippen LogP contribution >= 0.6 is 11.8 Å². The van der Waals surface area contributed by atoms with Crippen molar-refractivity contribution in [2.45, 2.75) is 64.8 Å². The standard InChI is InChI=1S/C13H27NS/c1-4-15-11-5-6-13(14)9-7-12(2,3)8-10-13/h4-11,14H2,1-3H3. The Morgan fingerprint density at radius 1 is 1.13 bits per heavy atom. The zero-order chi connectivity index (χ0) is 11.4. The largest absolute Gasteiger partial charge is 0.325 e. The Morgan fingerprint density at radius 2 is 1.73 bits per heavy atom. The van der Waals surface area contributed by atoms with Crippen molar-refractivity contribution in [3.8, 4) is 0 Å². The highest BCUT2D eigenvalue weighted by molar-refractivity contribution is 7.99. The molecule has 0 heterocycles. The third kappa shape index (κ3) is 4.78. The van der Waals surface area contributed by atoms with Crippen LogP contribution in [-0.4, -0.2) is 17.0 Å². The molecule has 0 aromatic heterocycles. The number of hydrogen-bond acceptors (Lipinski definition) is 2. The highest BCUT2D eigenvalue weighted by atomic mass is 32.2. The van der Waals surface area contributed by atoms with Crippen molar-refractivity contribution in [2.75, 3.05) is 11.5 Å². The van der Waals surface area contributed by atoms with E-state index < -0.39 is 0 Å². The lowest BCUT2D eigenvalue weighted by atomic mass is 9.68. The lowest BCUT2D eigenvalue weighted by molar-refractivity contribution is 0.157. The van der Waals surface area contributed by atoms with E-state index in [-0.39, 0.29) is 5.54 Å². The fraction of sp³-hybridized carbons (Fsp3) is 1.00. The van der Waals surface area contributed by atoms with Gasteiger partial charge in [0.25, 0.3) is 0 Å². The van der Waals surface area contributed by atoms with Crippen molar-refractivity contribution >= 4 is 11.8 Å². The maximum absolute atomic E-state index is 6.45. The molecule has 0 saturated heterocycles. The summed E-state index contributed by atoms with van der Waals surface area (Å²) in [6.45, 7) is 6.98. The number of rotatable bonds is 5. The summed E-state index contributed by atoms with van der Waals surface area (Å²) in [6, 6.07) is 0. The molecule has 0 atom stereocenters. The van der Waals surface area contributed by atoms with Gasteiger partial charge in [0.15, 0.2) is 0 Å². The van der Waals surface area contributed by atoms with Gasteiger partial charge in [0.1, 0.15) is 0 Å². The summed E-state index contributed by atoms with van der Waals surface area (Å²) in [5, 5.41) is 0. The van der Waals surface area contributed by atoms with Gasteiger partial charge in [-0.1, -0.05) is 20.8 Å². The summed E-state index contributed by atoms with van der Waals surface area (Å²) < 4.78 is 0. The molecule has 1 aliphatic rings. The Morgan fingerprint density at radius 3 is 2.27 bits per heavy atom. The summed E-state index contributed by atoms with van der Waals surface area (Å²) in [6.07, 6.45) is 7.62. The predicted molar refractivity (Wildman–Crippen MR) is 71.4 cm³/mol. The molecule has 0 unspecified atom stereocenters. The van der Waals surface area contributed by atoms with Crippen molar-refractivity contribution in [3.05, 3.63) is 0 Å². The van der Waals surface area contributed by atoms with Gasteiger partial charge in [-0.05, 0) is 55.4 Å². The van der Waals surface area contributed by atoms with Crippen molar-refractivity contribution in [3.63, 3.8) is 0 Å². The van der Waals surface area contributed by atoms with Crippen molar-refractivity contribution in [2.24, 2.45) is 11.1 Å². The van der Waals surface area contributed by atoms with E-state index in [4.69, 9.17) is 5.73 Å². The van der Waals surface area contributed by atoms with Gasteiger partial charge in [0.05, 0.1) is 0 Å². The molecular weight excluding hydrogens is 202 g/mol. The SMILES string of the molecule is CCSCCCC1(N)CCC(C)(C)CC1. The molecule has 0 spiro atoms. The first-order valence-corrected chi connectivity index (χ1v) is 7.50. The van der Waals surface area contributed by atoms with E-state index in [9.17, 15) is 0 Å². The van der Waals surface area contributed by atoms with Crippen LogP contribution < -0.4 is 5.73 Å². The van der Waals surface area contributed by atoms with E-state index >= 15 is 0 Å². The van der Waals surface area contributed by atoms with E-state index in [1.807, 2.05) is 11.8 Å². The third-order valence-electron chi connectivity index (χ3n) is 3.77. The zero-order valence-electron chi connectivity index (χ0n) is 10.6. The Bertz CT molecular complexity index is 179. The van der Waals surface area contributed by atoms with Crippen LogP contribution in [0.5, 0.6) is 0 Å². The molecule has 1 rings (SSSR count). The molecular formula is C13H27NS. The maximum atomic E-state index is 6.45. The summed E-state index contributed by atoms with van der Waals surface area (Å²) in [5.41, 5.74) is 7.17. The molecule has 0 radical (unpaired) electrons. The van der Waals surface area contributed by atoms with E-state index in [0.29, 0.717) is 5.41 Å². The average molecular weight is 229 g/mol. The predicted octanol–water partition coefficient (Wildman–Crippen LogP) is 3.82. The number of nitrogens with two attached hydrogens (primary N) is 1. The van der Waals surface area contributed by atoms with Crippen LogP contribution in [-0.2, 0) is 0 Å². The molecule has 0 bridgehead atoms. The Balaban J connectivity index is 2.23. The highest BCUT2D eigenvalue weighted by Crippen LogP contribution is 2.40. The number of hydrogen-bond donors (Lipinski definition) is 1. The summed E-state index contributed by atoms with van der Waals surface area (Å²) in [5.74, 6) is 2.53. The molecule has 2 heteroatoms. The third-order valence-corrected chi connectivity index (χ3v) is 4.75. The van der Waals surface area contributed by atoms with Gasteiger partial charge in [0.2, 0.25) is 0 Å². The fourth-order valence-electron chi connectivity index (χ4n) is 2.35. The molecule has 0 aliphatic heterocycles. The minimum atomic E-state index is 0.170. The quantitative estimate of drug-likeness (QED) is 0.725. The van der Waals surface area contributed by atoms with Crippen LogP contribution in [0.4, 0.5) is 0 Å². The molecule has 0 aromatic carbocycles. The van der Waals surface area contributed by atoms with Gasteiger partial charge in [-0.2, -0.15) is 11.8 Å². The van der Waals surface area contributed by atoms with E-state index in [0.717, 1.165) is 0 Å². The molecule has 15 heavy (non-hydrogen) atoms. The Kier molecular flexibility index (Phi) is 4.98. The molecule has 0 amide bonds. The van der Waals surface area contributed by atoms with E-state index in [1.165, 1.54) is 50.0 Å². The smallest absolute Gasteiger partial charge is 0.0155 e. The summed E-state index contributed by atoms with van der Waals surface area (Å²) in [7, 11) is 0. The second-order valence-electron chi connectivity index (χ2n) is 5.83. The Labute approximate surface area is 99.6 Å². The molecule has 1 fully saturated rings. The van der Waals surface area contributed by atoms with Crippen molar-refractivity contribution in [1.29, 1.82) is 0 Å². The van der Waals surface area contributed by atoms with Gasteiger partial charge < -0.3 is 5.73 Å². The lowest BCUT2D eigenvalue weighted by Crippen LogP contribution is -2.45. The van der Waals surface area contributed by atoms with Gasteiger partial charge in [-0.3, -0.25) is 0 Å². The van der Waals surface area contributed by atoms with E-state index in [1.54, 1.807) is 0 Å². The van der Waals surface area contributed by atoms with Crippen LogP contribution in [0, 0.1) is 5.41 Å². The number of thioether (sulfide) groups is 1. The van der Waals surface area contributed by atoms with Crippen molar-refractivity contribution < 1.29 is 0 Å². The van der Waals surface area contributed by atoms with Crippen molar-refractivity contribution in [1.82, 2.24) is 0 Å². The van der Waals surface area contributed by atoms with Gasteiger partial charge in [-0.25, -0.2) is 0 Å². The van der Waals surface area contributed by atoms with Gasteiger partial charge in [0, 0.05) is 5.54 Å². The molecule has 2 N–H and O–H groups in total. The molecule has 1 nitrogen and oxygen atoms in total. The van der Waals surface area contributed by atoms with Gasteiger partial charge >= 0.3 is 0 Å². The van der Waals surface area contributed by atoms with Crippen LogP contribution in [0.2, 0.25) is 0 Å². The van der Waals surface area contributed by atoms with Crippen LogP contribution in [0.3, 0.4) is 0 Å². The lowest BCUT2D eigenvalue weighted by Gasteiger charge is -2.41. The van der Waals surface area contributed by atoms with E-state index in [2.05, 4.69) is 20.8 Å². The second-order valence-corrected chi connectivity index (χ2v) is 7.22. The first-order valence-electron chi connectivity index (χ1n) is 6.34. The summed E-state index contributed by atoms with van der Waals surface area (Å²) in [4.78, 5) is 0. The topological polar surface area (TPSA) is 26.0 Å². The molecule has 0 aromatic rings. The molecule has 1 saturated carbocycles. The second kappa shape index (κ2) is 5.58. The zero-order valence-corrected chi connectivity index (χ0v) is 11.5. The average Bonchev–Trinajstić information content (AvgIpc) is 2.19. The monoisotopic (exact) mass is 229 g/mol. The first-order chi connectivity index (χ1) is 6.97. The maximum Gasteiger partial charge on any atom is 0.0155 e. The fourth-order valence-corrected chi connectivity index (χ4v) is 2.98. The van der Waals surface area contributed by atoms with Crippen LogP contribution in [0.1, 0.15) is 59.3 Å².